The van der Waals surface area contributed by atoms with E-state index < -0.39 is 0 Å². The highest BCUT2D eigenvalue weighted by Crippen LogP contribution is 2.17. The number of hydrogen-bond donors (Lipinski definition) is 3. The van der Waals surface area contributed by atoms with Crippen molar-refractivity contribution in [3.05, 3.63) is 11.6 Å². The smallest absolute Gasteiger partial charge is 0.291 e. The zero-order valence-corrected chi connectivity index (χ0v) is 11.2. The molecule has 0 aromatic carbocycles. The number of amides is 1. The van der Waals surface area contributed by atoms with Crippen LogP contribution in [-0.2, 0) is 5.41 Å². The van der Waals surface area contributed by atoms with Gasteiger partial charge >= 0.3 is 0 Å². The van der Waals surface area contributed by atoms with Gasteiger partial charge in [0.25, 0.3) is 5.91 Å². The third kappa shape index (κ3) is 3.07. The van der Waals surface area contributed by atoms with Gasteiger partial charge in [-0.3, -0.25) is 9.89 Å². The maximum atomic E-state index is 12.0. The second kappa shape index (κ2) is 5.06. The first-order valence-corrected chi connectivity index (χ1v) is 6.41. The van der Waals surface area contributed by atoms with Crippen LogP contribution in [0.15, 0.2) is 0 Å². The third-order valence-corrected chi connectivity index (χ3v) is 3.03. The van der Waals surface area contributed by atoms with E-state index in [4.69, 9.17) is 0 Å². The van der Waals surface area contributed by atoms with Crippen molar-refractivity contribution in [2.75, 3.05) is 13.1 Å². The maximum Gasteiger partial charge on any atom is 0.291 e. The largest absolute Gasteiger partial charge is 0.345 e. The molecule has 0 saturated carbocycles. The van der Waals surface area contributed by atoms with Crippen LogP contribution in [0, 0.1) is 0 Å². The van der Waals surface area contributed by atoms with Crippen LogP contribution in [0.1, 0.15) is 50.1 Å². The molecular weight excluding hydrogens is 230 g/mol. The van der Waals surface area contributed by atoms with E-state index in [1.807, 2.05) is 20.8 Å². The summed E-state index contributed by atoms with van der Waals surface area (Å²) in [6, 6.07) is 0.183. The Morgan fingerprint density at radius 2 is 2.22 bits per heavy atom. The van der Waals surface area contributed by atoms with E-state index in [0.717, 1.165) is 31.8 Å². The van der Waals surface area contributed by atoms with E-state index in [1.165, 1.54) is 0 Å². The van der Waals surface area contributed by atoms with Gasteiger partial charge in [-0.1, -0.05) is 20.8 Å². The Morgan fingerprint density at radius 1 is 1.44 bits per heavy atom. The molecule has 1 aliphatic heterocycles. The van der Waals surface area contributed by atoms with Gasteiger partial charge in [-0.25, -0.2) is 4.98 Å². The Balaban J connectivity index is 1.98. The first-order chi connectivity index (χ1) is 8.47. The van der Waals surface area contributed by atoms with Crippen LogP contribution in [0.2, 0.25) is 0 Å². The Hall–Kier alpha value is -1.43. The molecule has 0 bridgehead atoms. The predicted molar refractivity (Wildman–Crippen MR) is 68.4 cm³/mol. The quantitative estimate of drug-likeness (QED) is 0.718. The van der Waals surface area contributed by atoms with Crippen LogP contribution in [0.25, 0.3) is 0 Å². The number of nitrogens with zero attached hydrogens (tertiary/aromatic N) is 2. The molecule has 1 aromatic heterocycles. The number of aromatic nitrogens is 3. The lowest BCUT2D eigenvalue weighted by atomic mass is 9.96. The first-order valence-electron chi connectivity index (χ1n) is 6.41. The summed E-state index contributed by atoms with van der Waals surface area (Å²) in [5.74, 6) is 0.760. The lowest BCUT2D eigenvalue weighted by Crippen LogP contribution is -2.45. The topological polar surface area (TPSA) is 82.7 Å². The third-order valence-electron chi connectivity index (χ3n) is 3.03. The zero-order chi connectivity index (χ0) is 13.2. The number of rotatable bonds is 2. The highest BCUT2D eigenvalue weighted by molar-refractivity contribution is 5.90. The second-order valence-corrected chi connectivity index (χ2v) is 5.77. The van der Waals surface area contributed by atoms with E-state index in [2.05, 4.69) is 25.8 Å². The van der Waals surface area contributed by atoms with Crippen LogP contribution in [0.3, 0.4) is 0 Å². The van der Waals surface area contributed by atoms with Crippen molar-refractivity contribution in [3.63, 3.8) is 0 Å². The molecule has 1 aromatic rings. The number of carbonyl (C=O) groups excluding carboxylic acids is 1. The van der Waals surface area contributed by atoms with Gasteiger partial charge in [-0.2, -0.15) is 0 Å². The van der Waals surface area contributed by atoms with Crippen molar-refractivity contribution < 1.29 is 4.79 Å². The van der Waals surface area contributed by atoms with Crippen molar-refractivity contribution in [1.82, 2.24) is 25.8 Å². The molecule has 2 heterocycles. The van der Waals surface area contributed by atoms with Crippen molar-refractivity contribution in [2.24, 2.45) is 0 Å². The summed E-state index contributed by atoms with van der Waals surface area (Å²) in [6.45, 7) is 7.93. The van der Waals surface area contributed by atoms with Gasteiger partial charge in [-0.05, 0) is 19.4 Å². The van der Waals surface area contributed by atoms with Crippen LogP contribution in [0.4, 0.5) is 0 Å². The summed E-state index contributed by atoms with van der Waals surface area (Å²) in [4.78, 5) is 16.2. The van der Waals surface area contributed by atoms with Crippen LogP contribution in [0.5, 0.6) is 0 Å². The van der Waals surface area contributed by atoms with Gasteiger partial charge < -0.3 is 10.6 Å². The number of H-pyrrole nitrogens is 1. The lowest BCUT2D eigenvalue weighted by Gasteiger charge is -2.23. The number of carbonyl (C=O) groups is 1. The fourth-order valence-corrected chi connectivity index (χ4v) is 1.92. The van der Waals surface area contributed by atoms with E-state index in [-0.39, 0.29) is 23.2 Å². The molecule has 18 heavy (non-hydrogen) atoms. The fraction of sp³-hybridized carbons (Fsp3) is 0.750. The molecule has 0 unspecified atom stereocenters. The molecule has 0 radical (unpaired) electrons. The average molecular weight is 251 g/mol. The zero-order valence-electron chi connectivity index (χ0n) is 11.2. The predicted octanol–water partition coefficient (Wildman–Crippen LogP) is 0.584. The molecule has 6 nitrogen and oxygen atoms in total. The molecule has 1 fully saturated rings. The molecule has 0 aliphatic carbocycles. The molecule has 2 rings (SSSR count). The highest BCUT2D eigenvalue weighted by atomic mass is 16.2. The summed E-state index contributed by atoms with van der Waals surface area (Å²) >= 11 is 0. The lowest BCUT2D eigenvalue weighted by molar-refractivity contribution is 0.0920. The molecule has 1 atom stereocenters. The molecule has 100 valence electrons. The van der Waals surface area contributed by atoms with Gasteiger partial charge in [0, 0.05) is 18.0 Å². The highest BCUT2D eigenvalue weighted by Gasteiger charge is 2.23. The van der Waals surface area contributed by atoms with Crippen molar-refractivity contribution in [2.45, 2.75) is 45.1 Å². The van der Waals surface area contributed by atoms with Gasteiger partial charge in [0.1, 0.15) is 5.82 Å². The molecular formula is C12H21N5O. The summed E-state index contributed by atoms with van der Waals surface area (Å²) in [5, 5.41) is 13.0. The van der Waals surface area contributed by atoms with Gasteiger partial charge in [0.2, 0.25) is 5.82 Å². The fourth-order valence-electron chi connectivity index (χ4n) is 1.92. The molecule has 3 N–H and O–H groups in total. The standard InChI is InChI=1S/C12H21N5O/c1-12(2,3)11-15-9(16-17-11)10(18)14-8-5-4-6-13-7-8/h8,13H,4-7H2,1-3H3,(H,14,18)(H,15,16,17)/t8-/m1/s1. The Bertz CT molecular complexity index is 414. The minimum atomic E-state index is -0.199. The van der Waals surface area contributed by atoms with E-state index in [1.54, 1.807) is 0 Å². The van der Waals surface area contributed by atoms with E-state index >= 15 is 0 Å². The van der Waals surface area contributed by atoms with Crippen molar-refractivity contribution >= 4 is 5.91 Å². The number of nitrogens with one attached hydrogen (secondary N) is 3. The average Bonchev–Trinajstić information content (AvgIpc) is 2.79. The summed E-state index contributed by atoms with van der Waals surface area (Å²) < 4.78 is 0. The van der Waals surface area contributed by atoms with Gasteiger partial charge in [-0.15, -0.1) is 5.10 Å². The SMILES string of the molecule is CC(C)(C)c1nc(C(=O)N[C@@H]2CCCNC2)n[nH]1. The molecule has 1 amide bonds. The monoisotopic (exact) mass is 251 g/mol. The van der Waals surface area contributed by atoms with Crippen molar-refractivity contribution in [1.29, 1.82) is 0 Å². The molecule has 1 saturated heterocycles. The van der Waals surface area contributed by atoms with Crippen LogP contribution in [-0.4, -0.2) is 40.2 Å². The Labute approximate surface area is 107 Å². The minimum Gasteiger partial charge on any atom is -0.345 e. The van der Waals surface area contributed by atoms with Crippen LogP contribution >= 0.6 is 0 Å². The minimum absolute atomic E-state index is 0.127. The number of piperidine rings is 1. The Kier molecular flexibility index (Phi) is 3.65. The summed E-state index contributed by atoms with van der Waals surface area (Å²) in [6.07, 6.45) is 2.10. The second-order valence-electron chi connectivity index (χ2n) is 5.77. The normalized spacial score (nSPS) is 20.7. The maximum absolute atomic E-state index is 12.0. The molecule has 6 heteroatoms. The van der Waals surface area contributed by atoms with Crippen molar-refractivity contribution in [3.8, 4) is 0 Å². The summed E-state index contributed by atoms with van der Waals surface area (Å²) in [5.41, 5.74) is -0.127. The Morgan fingerprint density at radius 3 is 2.78 bits per heavy atom. The number of aromatic amines is 1. The van der Waals surface area contributed by atoms with E-state index in [0.29, 0.717) is 0 Å². The van der Waals surface area contributed by atoms with Crippen LogP contribution < -0.4 is 10.6 Å². The van der Waals surface area contributed by atoms with E-state index in [9.17, 15) is 4.79 Å². The molecule has 1 aliphatic rings. The molecule has 0 spiro atoms. The van der Waals surface area contributed by atoms with Gasteiger partial charge in [0.15, 0.2) is 0 Å². The summed E-state index contributed by atoms with van der Waals surface area (Å²) in [7, 11) is 0. The van der Waals surface area contributed by atoms with Gasteiger partial charge in [0.05, 0.1) is 0 Å². The number of hydrogen-bond acceptors (Lipinski definition) is 4. The first kappa shape index (κ1) is 13.0.